The zero-order valence-corrected chi connectivity index (χ0v) is 20.6. The van der Waals surface area contributed by atoms with Gasteiger partial charge < -0.3 is 9.64 Å². The third-order valence-electron chi connectivity index (χ3n) is 4.99. The standard InChI is InChI=1S/C26H32N4O4S/c1-20(2)30(16-10-11-17-34-19-24(31)29-35(3,32)33)23-18-27-25(21-12-6-4-7-13-21)26(28-23)22-14-8-5-9-15-22/h4-9,12-15,18,20H,10-11,16-17,19H2,1-3H3,(H,29,31)/i1D3,20D. The predicted molar refractivity (Wildman–Crippen MR) is 138 cm³/mol. The lowest BCUT2D eigenvalue weighted by Crippen LogP contribution is -2.33. The van der Waals surface area contributed by atoms with Crippen LogP contribution in [-0.2, 0) is 19.6 Å². The lowest BCUT2D eigenvalue weighted by atomic mass is 10.0. The van der Waals surface area contributed by atoms with E-state index in [1.165, 1.54) is 18.0 Å². The normalized spacial score (nSPS) is 15.1. The van der Waals surface area contributed by atoms with E-state index in [1.54, 1.807) is 0 Å². The van der Waals surface area contributed by atoms with Crippen LogP contribution in [0.4, 0.5) is 5.82 Å². The molecular weight excluding hydrogens is 464 g/mol. The van der Waals surface area contributed by atoms with Gasteiger partial charge in [0.15, 0.2) is 0 Å². The molecule has 1 N–H and O–H groups in total. The first kappa shape index (κ1) is 21.0. The van der Waals surface area contributed by atoms with Crippen molar-refractivity contribution in [3.8, 4) is 22.5 Å². The maximum atomic E-state index is 11.6. The average Bonchev–Trinajstić information content (AvgIpc) is 2.87. The fourth-order valence-electron chi connectivity index (χ4n) is 3.44. The SMILES string of the molecule is [2H]C([2H])([2H])C([2H])(C)N(CCCCOCC(=O)NS(C)(=O)=O)c1cnc(-c2ccccc2)c(-c2ccccc2)n1. The van der Waals surface area contributed by atoms with Gasteiger partial charge in [0.1, 0.15) is 12.4 Å². The summed E-state index contributed by atoms with van der Waals surface area (Å²) in [5.74, 6) is -0.530. The fraction of sp³-hybridized carbons (Fsp3) is 0.346. The summed E-state index contributed by atoms with van der Waals surface area (Å²) in [5.41, 5.74) is 2.84. The molecule has 0 saturated carbocycles. The van der Waals surface area contributed by atoms with Crippen molar-refractivity contribution < 1.29 is 23.4 Å². The van der Waals surface area contributed by atoms with Crippen molar-refractivity contribution in [3.63, 3.8) is 0 Å². The number of amides is 1. The van der Waals surface area contributed by atoms with E-state index in [-0.39, 0.29) is 19.0 Å². The minimum absolute atomic E-state index is 0.140. The summed E-state index contributed by atoms with van der Waals surface area (Å²) < 4.78 is 62.1. The molecule has 1 heterocycles. The van der Waals surface area contributed by atoms with Crippen molar-refractivity contribution in [2.24, 2.45) is 0 Å². The topological polar surface area (TPSA) is 101 Å². The third kappa shape index (κ3) is 8.15. The Balaban J connectivity index is 1.85. The second kappa shape index (κ2) is 12.4. The molecule has 0 bridgehead atoms. The molecule has 186 valence electrons. The fourth-order valence-corrected chi connectivity index (χ4v) is 3.92. The molecule has 0 aliphatic rings. The molecule has 0 radical (unpaired) electrons. The van der Waals surface area contributed by atoms with E-state index < -0.39 is 35.4 Å². The zero-order valence-electron chi connectivity index (χ0n) is 23.8. The molecule has 1 atom stereocenters. The third-order valence-corrected chi connectivity index (χ3v) is 5.59. The maximum absolute atomic E-state index is 11.6. The summed E-state index contributed by atoms with van der Waals surface area (Å²) in [7, 11) is -3.66. The van der Waals surface area contributed by atoms with Crippen molar-refractivity contribution in [1.29, 1.82) is 0 Å². The Morgan fingerprint density at radius 1 is 1.09 bits per heavy atom. The molecule has 0 fully saturated rings. The Morgan fingerprint density at radius 2 is 1.71 bits per heavy atom. The van der Waals surface area contributed by atoms with Gasteiger partial charge in [-0.05, 0) is 26.6 Å². The van der Waals surface area contributed by atoms with E-state index in [1.807, 2.05) is 65.4 Å². The Kier molecular flexibility index (Phi) is 7.46. The number of nitrogens with zero attached hydrogens (tertiary/aromatic N) is 3. The van der Waals surface area contributed by atoms with Crippen LogP contribution in [0.25, 0.3) is 22.5 Å². The van der Waals surface area contributed by atoms with Gasteiger partial charge >= 0.3 is 0 Å². The van der Waals surface area contributed by atoms with Crippen LogP contribution in [-0.4, -0.2) is 56.3 Å². The summed E-state index contributed by atoms with van der Waals surface area (Å²) in [4.78, 5) is 22.5. The molecule has 0 aliphatic heterocycles. The number of unbranched alkanes of at least 4 members (excludes halogenated alkanes) is 1. The molecule has 8 nitrogen and oxygen atoms in total. The quantitative estimate of drug-likeness (QED) is 0.376. The van der Waals surface area contributed by atoms with Crippen LogP contribution in [0, 0.1) is 0 Å². The van der Waals surface area contributed by atoms with Crippen LogP contribution in [0.1, 0.15) is 32.1 Å². The summed E-state index contributed by atoms with van der Waals surface area (Å²) in [6.07, 6.45) is 3.21. The molecule has 2 aromatic carbocycles. The monoisotopic (exact) mass is 500 g/mol. The molecule has 0 spiro atoms. The number of aromatic nitrogens is 2. The highest BCUT2D eigenvalue weighted by Gasteiger charge is 2.17. The van der Waals surface area contributed by atoms with Crippen molar-refractivity contribution in [2.75, 3.05) is 30.9 Å². The van der Waals surface area contributed by atoms with Crippen LogP contribution in [0.2, 0.25) is 0 Å². The molecule has 0 saturated heterocycles. The minimum atomic E-state index is -3.66. The lowest BCUT2D eigenvalue weighted by Gasteiger charge is -2.28. The van der Waals surface area contributed by atoms with Gasteiger partial charge in [-0.25, -0.2) is 13.4 Å². The van der Waals surface area contributed by atoms with Crippen LogP contribution < -0.4 is 9.62 Å². The molecule has 0 aliphatic carbocycles. The van der Waals surface area contributed by atoms with Gasteiger partial charge in [-0.1, -0.05) is 60.7 Å². The van der Waals surface area contributed by atoms with Gasteiger partial charge in [0, 0.05) is 34.4 Å². The van der Waals surface area contributed by atoms with Gasteiger partial charge in [0.2, 0.25) is 10.0 Å². The summed E-state index contributed by atoms with van der Waals surface area (Å²) >= 11 is 0. The first-order valence-electron chi connectivity index (χ1n) is 13.1. The van der Waals surface area contributed by atoms with E-state index in [4.69, 9.17) is 15.2 Å². The first-order valence-corrected chi connectivity index (χ1v) is 13.0. The smallest absolute Gasteiger partial charge is 0.259 e. The van der Waals surface area contributed by atoms with Gasteiger partial charge in [-0.15, -0.1) is 0 Å². The van der Waals surface area contributed by atoms with Crippen molar-refractivity contribution in [3.05, 3.63) is 66.9 Å². The van der Waals surface area contributed by atoms with Crippen LogP contribution in [0.15, 0.2) is 66.9 Å². The van der Waals surface area contributed by atoms with E-state index in [2.05, 4.69) is 4.98 Å². The number of nitrogens with one attached hydrogen (secondary N) is 1. The molecular formula is C26H32N4O4S. The highest BCUT2D eigenvalue weighted by Crippen LogP contribution is 2.30. The largest absolute Gasteiger partial charge is 0.372 e. The minimum Gasteiger partial charge on any atom is -0.372 e. The second-order valence-electron chi connectivity index (χ2n) is 7.95. The van der Waals surface area contributed by atoms with Gasteiger partial charge in [0.05, 0.1) is 25.2 Å². The lowest BCUT2D eigenvalue weighted by molar-refractivity contribution is -0.123. The number of carbonyl (C=O) groups excluding carboxylic acids is 1. The summed E-state index contributed by atoms with van der Waals surface area (Å²) in [6, 6.07) is 17.0. The van der Waals surface area contributed by atoms with E-state index in [0.717, 1.165) is 17.4 Å². The van der Waals surface area contributed by atoms with Crippen LogP contribution in [0.3, 0.4) is 0 Å². The maximum Gasteiger partial charge on any atom is 0.259 e. The number of ether oxygens (including phenoxy) is 1. The van der Waals surface area contributed by atoms with Crippen molar-refractivity contribution >= 4 is 21.7 Å². The van der Waals surface area contributed by atoms with Crippen LogP contribution >= 0.6 is 0 Å². The summed E-state index contributed by atoms with van der Waals surface area (Å²) in [5, 5.41) is 0. The van der Waals surface area contributed by atoms with E-state index in [0.29, 0.717) is 24.2 Å². The number of anilines is 1. The molecule has 3 rings (SSSR count). The highest BCUT2D eigenvalue weighted by atomic mass is 32.2. The van der Waals surface area contributed by atoms with Crippen molar-refractivity contribution in [1.82, 2.24) is 14.7 Å². The predicted octanol–water partition coefficient (Wildman–Crippen LogP) is 3.90. The summed E-state index contributed by atoms with van der Waals surface area (Å²) in [6.45, 7) is -1.46. The van der Waals surface area contributed by atoms with Gasteiger partial charge in [0.25, 0.3) is 5.91 Å². The molecule has 1 unspecified atom stereocenters. The molecule has 35 heavy (non-hydrogen) atoms. The molecule has 3 aromatic rings. The molecule has 9 heteroatoms. The number of rotatable bonds is 12. The number of hydrogen-bond acceptors (Lipinski definition) is 7. The van der Waals surface area contributed by atoms with Gasteiger partial charge in [-0.2, -0.15) is 0 Å². The van der Waals surface area contributed by atoms with Gasteiger partial charge in [-0.3, -0.25) is 14.5 Å². The first-order chi connectivity index (χ1) is 18.3. The Hall–Kier alpha value is -3.30. The van der Waals surface area contributed by atoms with E-state index >= 15 is 0 Å². The number of hydrogen-bond donors (Lipinski definition) is 1. The average molecular weight is 501 g/mol. The Bertz CT molecular complexity index is 1360. The number of carbonyl (C=O) groups is 1. The second-order valence-corrected chi connectivity index (χ2v) is 9.70. The van der Waals surface area contributed by atoms with E-state index in [9.17, 15) is 13.2 Å². The number of benzene rings is 2. The van der Waals surface area contributed by atoms with Crippen molar-refractivity contribution in [2.45, 2.75) is 32.6 Å². The number of sulfonamides is 1. The van der Waals surface area contributed by atoms with Crippen LogP contribution in [0.5, 0.6) is 0 Å². The molecule has 1 amide bonds. The highest BCUT2D eigenvalue weighted by molar-refractivity contribution is 7.89. The Labute approximate surface area is 213 Å². The Morgan fingerprint density at radius 3 is 2.31 bits per heavy atom. The molecule has 1 aromatic heterocycles. The zero-order chi connectivity index (χ0) is 28.7.